The number of para-hydroxylation sites is 1. The zero-order valence-corrected chi connectivity index (χ0v) is 12.7. The van der Waals surface area contributed by atoms with Crippen LogP contribution in [0.2, 0.25) is 0 Å². The molecule has 114 valence electrons. The molecular formula is C16H23N3O2. The Kier molecular flexibility index (Phi) is 3.87. The molecule has 21 heavy (non-hydrogen) atoms. The van der Waals surface area contributed by atoms with E-state index in [-0.39, 0.29) is 11.9 Å². The largest absolute Gasteiger partial charge is 0.491 e. The zero-order chi connectivity index (χ0) is 14.9. The molecule has 2 aliphatic heterocycles. The van der Waals surface area contributed by atoms with E-state index in [4.69, 9.17) is 4.74 Å². The summed E-state index contributed by atoms with van der Waals surface area (Å²) in [6, 6.07) is 7.85. The van der Waals surface area contributed by atoms with Crippen LogP contribution in [0.4, 0.5) is 0 Å². The lowest BCUT2D eigenvalue weighted by molar-refractivity contribution is -0.133. The summed E-state index contributed by atoms with van der Waals surface area (Å²) in [5.41, 5.74) is 0.571. The Hall–Kier alpha value is -1.59. The van der Waals surface area contributed by atoms with Gasteiger partial charge in [-0.2, -0.15) is 0 Å². The van der Waals surface area contributed by atoms with Gasteiger partial charge in [0.05, 0.1) is 11.6 Å². The lowest BCUT2D eigenvalue weighted by Crippen LogP contribution is -2.60. The fourth-order valence-corrected chi connectivity index (χ4v) is 2.98. The molecule has 1 amide bonds. The Balaban J connectivity index is 1.69. The summed E-state index contributed by atoms with van der Waals surface area (Å²) in [5, 5.41) is 6.47. The van der Waals surface area contributed by atoms with Crippen LogP contribution in [0.15, 0.2) is 24.3 Å². The quantitative estimate of drug-likeness (QED) is 0.869. The fourth-order valence-electron chi connectivity index (χ4n) is 2.98. The van der Waals surface area contributed by atoms with Crippen LogP contribution in [0.1, 0.15) is 25.5 Å². The van der Waals surface area contributed by atoms with Crippen molar-refractivity contribution in [2.45, 2.75) is 25.4 Å². The van der Waals surface area contributed by atoms with E-state index in [9.17, 15) is 4.79 Å². The molecule has 0 radical (unpaired) electrons. The van der Waals surface area contributed by atoms with Crippen molar-refractivity contribution in [3.8, 4) is 5.75 Å². The molecule has 1 fully saturated rings. The smallest absolute Gasteiger partial charge is 0.240 e. The number of hydrogen-bond acceptors (Lipinski definition) is 4. The number of fused-ring (bicyclic) bond motifs is 1. The summed E-state index contributed by atoms with van der Waals surface area (Å²) >= 11 is 0. The molecule has 1 saturated heterocycles. The average molecular weight is 289 g/mol. The van der Waals surface area contributed by atoms with Crippen LogP contribution in [0.3, 0.4) is 0 Å². The van der Waals surface area contributed by atoms with Gasteiger partial charge in [-0.15, -0.1) is 0 Å². The maximum absolute atomic E-state index is 12.7. The molecular weight excluding hydrogens is 266 g/mol. The van der Waals surface area contributed by atoms with Crippen LogP contribution in [0, 0.1) is 0 Å². The van der Waals surface area contributed by atoms with Crippen molar-refractivity contribution in [3.63, 3.8) is 0 Å². The Morgan fingerprint density at radius 1 is 1.33 bits per heavy atom. The second-order valence-corrected chi connectivity index (χ2v) is 6.17. The molecule has 1 aromatic carbocycles. The van der Waals surface area contributed by atoms with Gasteiger partial charge in [0, 0.05) is 31.7 Å². The first kappa shape index (κ1) is 14.4. The molecule has 1 unspecified atom stereocenters. The zero-order valence-electron chi connectivity index (χ0n) is 12.7. The van der Waals surface area contributed by atoms with Crippen molar-refractivity contribution >= 4 is 5.91 Å². The number of benzene rings is 1. The van der Waals surface area contributed by atoms with Crippen LogP contribution >= 0.6 is 0 Å². The summed E-state index contributed by atoms with van der Waals surface area (Å²) in [6.07, 6.45) is 0. The van der Waals surface area contributed by atoms with Gasteiger partial charge < -0.3 is 15.4 Å². The first-order valence-corrected chi connectivity index (χ1v) is 7.57. The van der Waals surface area contributed by atoms with Gasteiger partial charge >= 0.3 is 0 Å². The molecule has 3 rings (SSSR count). The standard InChI is InChI=1S/C16H23N3O2/c1-16(2,19-9-7-17-8-10-19)15(20)18-13-11-21-14-6-4-3-5-12(13)14/h3-6,13,17H,7-11H2,1-2H3,(H,18,20). The lowest BCUT2D eigenvalue weighted by atomic mass is 9.99. The Morgan fingerprint density at radius 2 is 2.05 bits per heavy atom. The van der Waals surface area contributed by atoms with Crippen LogP contribution in [0.25, 0.3) is 0 Å². The second-order valence-electron chi connectivity index (χ2n) is 6.17. The summed E-state index contributed by atoms with van der Waals surface area (Å²) < 4.78 is 5.63. The number of ether oxygens (including phenoxy) is 1. The van der Waals surface area contributed by atoms with Crippen molar-refractivity contribution in [1.29, 1.82) is 0 Å². The van der Waals surface area contributed by atoms with Crippen molar-refractivity contribution < 1.29 is 9.53 Å². The van der Waals surface area contributed by atoms with E-state index in [1.165, 1.54) is 0 Å². The molecule has 0 bridgehead atoms. The molecule has 2 aliphatic rings. The maximum Gasteiger partial charge on any atom is 0.240 e. The first-order valence-electron chi connectivity index (χ1n) is 7.57. The van der Waals surface area contributed by atoms with Crippen molar-refractivity contribution in [1.82, 2.24) is 15.5 Å². The number of nitrogens with one attached hydrogen (secondary N) is 2. The van der Waals surface area contributed by atoms with Gasteiger partial charge in [0.1, 0.15) is 12.4 Å². The van der Waals surface area contributed by atoms with Gasteiger partial charge in [-0.3, -0.25) is 9.69 Å². The number of amides is 1. The normalized spacial score (nSPS) is 22.5. The van der Waals surface area contributed by atoms with Crippen LogP contribution < -0.4 is 15.4 Å². The highest BCUT2D eigenvalue weighted by Gasteiger charge is 2.37. The third-order valence-corrected chi connectivity index (χ3v) is 4.47. The number of rotatable bonds is 3. The monoisotopic (exact) mass is 289 g/mol. The highest BCUT2D eigenvalue weighted by atomic mass is 16.5. The van der Waals surface area contributed by atoms with Gasteiger partial charge in [-0.1, -0.05) is 18.2 Å². The van der Waals surface area contributed by atoms with Gasteiger partial charge in [0.2, 0.25) is 5.91 Å². The topological polar surface area (TPSA) is 53.6 Å². The minimum absolute atomic E-state index is 0.0455. The summed E-state index contributed by atoms with van der Waals surface area (Å²) in [7, 11) is 0. The highest BCUT2D eigenvalue weighted by molar-refractivity contribution is 5.86. The summed E-state index contributed by atoms with van der Waals surface area (Å²) in [4.78, 5) is 14.9. The lowest BCUT2D eigenvalue weighted by Gasteiger charge is -2.40. The molecule has 5 heteroatoms. The number of piperazine rings is 1. The van der Waals surface area contributed by atoms with Gasteiger partial charge in [0.25, 0.3) is 0 Å². The van der Waals surface area contributed by atoms with E-state index in [1.54, 1.807) is 0 Å². The van der Waals surface area contributed by atoms with Crippen molar-refractivity contribution in [2.24, 2.45) is 0 Å². The van der Waals surface area contributed by atoms with Crippen LogP contribution in [-0.2, 0) is 4.79 Å². The number of nitrogens with zero attached hydrogens (tertiary/aromatic N) is 1. The minimum Gasteiger partial charge on any atom is -0.491 e. The Morgan fingerprint density at radius 3 is 2.81 bits per heavy atom. The molecule has 1 atom stereocenters. The highest BCUT2D eigenvalue weighted by Crippen LogP contribution is 2.32. The van der Waals surface area contributed by atoms with E-state index in [1.807, 2.05) is 38.1 Å². The minimum atomic E-state index is -0.500. The molecule has 5 nitrogen and oxygen atoms in total. The van der Waals surface area contributed by atoms with E-state index >= 15 is 0 Å². The fraction of sp³-hybridized carbons (Fsp3) is 0.562. The first-order chi connectivity index (χ1) is 10.1. The molecule has 2 N–H and O–H groups in total. The molecule has 0 saturated carbocycles. The van der Waals surface area contributed by atoms with Gasteiger partial charge in [-0.05, 0) is 19.9 Å². The van der Waals surface area contributed by atoms with E-state index in [0.29, 0.717) is 6.61 Å². The molecule has 0 spiro atoms. The van der Waals surface area contributed by atoms with Gasteiger partial charge in [-0.25, -0.2) is 0 Å². The van der Waals surface area contributed by atoms with Gasteiger partial charge in [0.15, 0.2) is 0 Å². The van der Waals surface area contributed by atoms with Crippen LogP contribution in [0.5, 0.6) is 5.75 Å². The molecule has 0 aromatic heterocycles. The predicted molar refractivity (Wildman–Crippen MR) is 81.3 cm³/mol. The van der Waals surface area contributed by atoms with Crippen molar-refractivity contribution in [2.75, 3.05) is 32.8 Å². The predicted octanol–water partition coefficient (Wildman–Crippen LogP) is 0.920. The van der Waals surface area contributed by atoms with Crippen molar-refractivity contribution in [3.05, 3.63) is 29.8 Å². The maximum atomic E-state index is 12.7. The van der Waals surface area contributed by atoms with Crippen LogP contribution in [-0.4, -0.2) is 49.1 Å². The Labute approximate surface area is 125 Å². The molecule has 1 aromatic rings. The molecule has 0 aliphatic carbocycles. The number of hydrogen-bond donors (Lipinski definition) is 2. The third kappa shape index (κ3) is 2.76. The summed E-state index contributed by atoms with van der Waals surface area (Å²) in [6.45, 7) is 8.18. The second kappa shape index (κ2) is 5.66. The van der Waals surface area contributed by atoms with E-state index in [2.05, 4.69) is 15.5 Å². The van der Waals surface area contributed by atoms with E-state index in [0.717, 1.165) is 37.5 Å². The molecule has 2 heterocycles. The average Bonchev–Trinajstić information content (AvgIpc) is 2.91. The number of carbonyl (C=O) groups excluding carboxylic acids is 1. The number of carbonyl (C=O) groups is 1. The third-order valence-electron chi connectivity index (χ3n) is 4.47. The Bertz CT molecular complexity index is 524. The summed E-state index contributed by atoms with van der Waals surface area (Å²) in [5.74, 6) is 0.942. The SMILES string of the molecule is CC(C)(C(=O)NC1COc2ccccc21)N1CCNCC1. The van der Waals surface area contributed by atoms with E-state index < -0.39 is 5.54 Å².